The summed E-state index contributed by atoms with van der Waals surface area (Å²) in [6, 6.07) is 0. The second-order valence-electron chi connectivity index (χ2n) is 3.94. The van der Waals surface area contributed by atoms with Crippen molar-refractivity contribution in [1.29, 1.82) is 0 Å². The molecule has 0 aromatic rings. The number of rotatable bonds is 4. The fourth-order valence-corrected chi connectivity index (χ4v) is 0.822. The molecule has 0 heterocycles. The topological polar surface area (TPSA) is 38.3 Å². The summed E-state index contributed by atoms with van der Waals surface area (Å²) in [7, 11) is 0. The van der Waals surface area contributed by atoms with E-state index in [1.54, 1.807) is 6.92 Å². The van der Waals surface area contributed by atoms with Crippen molar-refractivity contribution >= 4 is 5.97 Å². The van der Waals surface area contributed by atoms with Gasteiger partial charge in [0, 0.05) is 6.54 Å². The van der Waals surface area contributed by atoms with Gasteiger partial charge in [0.05, 0.1) is 13.0 Å². The zero-order valence-electron chi connectivity index (χ0n) is 9.44. The van der Waals surface area contributed by atoms with Crippen LogP contribution < -0.4 is 5.32 Å². The van der Waals surface area contributed by atoms with Gasteiger partial charge in [-0.05, 0) is 27.7 Å². The van der Waals surface area contributed by atoms with E-state index in [-0.39, 0.29) is 11.6 Å². The van der Waals surface area contributed by atoms with Gasteiger partial charge >= 0.3 is 5.97 Å². The maximum atomic E-state index is 11.2. The molecule has 0 unspecified atom stereocenters. The zero-order chi connectivity index (χ0) is 11.0. The summed E-state index contributed by atoms with van der Waals surface area (Å²) in [5, 5.41) is 3.03. The van der Waals surface area contributed by atoms with E-state index in [1.165, 1.54) is 0 Å². The van der Waals surface area contributed by atoms with E-state index in [0.717, 1.165) is 0 Å². The highest BCUT2D eigenvalue weighted by Gasteiger charge is 2.15. The normalized spacial score (nSPS) is 10.3. The van der Waals surface area contributed by atoms with Crippen molar-refractivity contribution in [3.05, 3.63) is 0 Å². The number of ether oxygens (including phenoxy) is 1. The Morgan fingerprint density at radius 3 is 2.57 bits per heavy atom. The molecule has 3 nitrogen and oxygen atoms in total. The van der Waals surface area contributed by atoms with Crippen LogP contribution in [0.1, 0.15) is 34.1 Å². The van der Waals surface area contributed by atoms with Crippen LogP contribution in [0, 0.1) is 11.8 Å². The summed E-state index contributed by atoms with van der Waals surface area (Å²) in [5.41, 5.74) is -0.389. The van der Waals surface area contributed by atoms with Gasteiger partial charge in [0.2, 0.25) is 0 Å². The van der Waals surface area contributed by atoms with Gasteiger partial charge in [0.1, 0.15) is 5.60 Å². The van der Waals surface area contributed by atoms with Crippen LogP contribution in [0.2, 0.25) is 0 Å². The number of nitrogens with one attached hydrogen (secondary N) is 1. The van der Waals surface area contributed by atoms with Crippen LogP contribution in [0.3, 0.4) is 0 Å². The lowest BCUT2D eigenvalue weighted by molar-refractivity contribution is -0.154. The van der Waals surface area contributed by atoms with Gasteiger partial charge in [0.25, 0.3) is 0 Å². The van der Waals surface area contributed by atoms with Gasteiger partial charge < -0.3 is 10.1 Å². The minimum absolute atomic E-state index is 0.172. The highest BCUT2D eigenvalue weighted by Crippen LogP contribution is 2.07. The third kappa shape index (κ3) is 9.08. The molecule has 0 aliphatic carbocycles. The number of carbonyl (C=O) groups is 1. The molecule has 80 valence electrons. The molecule has 1 N–H and O–H groups in total. The van der Waals surface area contributed by atoms with Crippen molar-refractivity contribution in [2.75, 3.05) is 13.1 Å². The fourth-order valence-electron chi connectivity index (χ4n) is 0.822. The smallest absolute Gasteiger partial charge is 0.307 e. The molecule has 14 heavy (non-hydrogen) atoms. The van der Waals surface area contributed by atoms with Gasteiger partial charge in [-0.25, -0.2) is 0 Å². The van der Waals surface area contributed by atoms with E-state index in [1.807, 2.05) is 20.8 Å². The van der Waals surface area contributed by atoms with Crippen LogP contribution in [0.4, 0.5) is 0 Å². The molecule has 0 radical (unpaired) electrons. The Bertz CT molecular complexity index is 230. The Labute approximate surface area is 86.2 Å². The molecule has 0 aliphatic heterocycles. The molecule has 0 aromatic carbocycles. The molecule has 0 fully saturated rings. The summed E-state index contributed by atoms with van der Waals surface area (Å²) in [4.78, 5) is 11.2. The van der Waals surface area contributed by atoms with Gasteiger partial charge in [-0.15, -0.1) is 5.92 Å². The van der Waals surface area contributed by atoms with Crippen LogP contribution in [0.25, 0.3) is 0 Å². The molecule has 0 rings (SSSR count). The molecule has 0 aliphatic rings. The number of carbonyl (C=O) groups excluding carboxylic acids is 1. The molecule has 0 atom stereocenters. The highest BCUT2D eigenvalue weighted by molar-refractivity contribution is 5.70. The number of esters is 1. The monoisotopic (exact) mass is 197 g/mol. The molecule has 3 heteroatoms. The molecule has 0 bridgehead atoms. The van der Waals surface area contributed by atoms with Crippen molar-refractivity contribution in [2.24, 2.45) is 0 Å². The van der Waals surface area contributed by atoms with E-state index in [9.17, 15) is 4.79 Å². The Balaban J connectivity index is 3.49. The maximum Gasteiger partial charge on any atom is 0.307 e. The van der Waals surface area contributed by atoms with Crippen LogP contribution in [-0.4, -0.2) is 24.7 Å². The molecular weight excluding hydrogens is 178 g/mol. The Morgan fingerprint density at radius 1 is 1.43 bits per heavy atom. The van der Waals surface area contributed by atoms with Crippen LogP contribution in [0.15, 0.2) is 0 Å². The summed E-state index contributed by atoms with van der Waals surface area (Å²) in [6.45, 7) is 8.61. The van der Waals surface area contributed by atoms with E-state index < -0.39 is 0 Å². The maximum absolute atomic E-state index is 11.2. The van der Waals surface area contributed by atoms with Gasteiger partial charge in [0.15, 0.2) is 0 Å². The third-order valence-electron chi connectivity index (χ3n) is 1.32. The first-order valence-corrected chi connectivity index (χ1v) is 4.78. The fraction of sp³-hybridized carbons (Fsp3) is 0.727. The molecule has 0 spiro atoms. The zero-order valence-corrected chi connectivity index (χ0v) is 9.44. The van der Waals surface area contributed by atoms with E-state index in [0.29, 0.717) is 19.5 Å². The van der Waals surface area contributed by atoms with E-state index >= 15 is 0 Å². The van der Waals surface area contributed by atoms with Crippen molar-refractivity contribution < 1.29 is 9.53 Å². The average molecular weight is 197 g/mol. The van der Waals surface area contributed by atoms with Crippen LogP contribution in [-0.2, 0) is 9.53 Å². The lowest BCUT2D eigenvalue weighted by atomic mass is 10.2. The summed E-state index contributed by atoms with van der Waals surface area (Å²) in [5.74, 6) is 5.45. The lowest BCUT2D eigenvalue weighted by Crippen LogP contribution is -2.26. The van der Waals surface area contributed by atoms with Crippen LogP contribution >= 0.6 is 0 Å². The molecule has 0 amide bonds. The lowest BCUT2D eigenvalue weighted by Gasteiger charge is -2.19. The Hall–Kier alpha value is -1.01. The summed E-state index contributed by atoms with van der Waals surface area (Å²) >= 11 is 0. The predicted octanol–water partition coefficient (Wildman–Crippen LogP) is 1.33. The summed E-state index contributed by atoms with van der Waals surface area (Å²) in [6.07, 6.45) is 0.392. The van der Waals surface area contributed by atoms with Gasteiger partial charge in [-0.2, -0.15) is 0 Å². The first-order valence-electron chi connectivity index (χ1n) is 4.78. The van der Waals surface area contributed by atoms with Gasteiger partial charge in [-0.3, -0.25) is 4.79 Å². The number of hydrogen-bond acceptors (Lipinski definition) is 3. The van der Waals surface area contributed by atoms with Gasteiger partial charge in [-0.1, -0.05) is 5.92 Å². The molecule has 0 saturated heterocycles. The largest absolute Gasteiger partial charge is 0.460 e. The first-order chi connectivity index (χ1) is 6.45. The molecule has 0 saturated carbocycles. The van der Waals surface area contributed by atoms with E-state index in [2.05, 4.69) is 17.2 Å². The van der Waals surface area contributed by atoms with Crippen molar-refractivity contribution in [1.82, 2.24) is 5.32 Å². The first kappa shape index (κ1) is 13.0. The molecule has 0 aromatic heterocycles. The second kappa shape index (κ2) is 6.44. The predicted molar refractivity (Wildman–Crippen MR) is 56.8 cm³/mol. The molecular formula is C11H19NO2. The van der Waals surface area contributed by atoms with Crippen molar-refractivity contribution in [3.8, 4) is 11.8 Å². The van der Waals surface area contributed by atoms with Crippen molar-refractivity contribution in [2.45, 2.75) is 39.7 Å². The summed E-state index contributed by atoms with van der Waals surface area (Å²) < 4.78 is 5.13. The van der Waals surface area contributed by atoms with E-state index in [4.69, 9.17) is 4.74 Å². The second-order valence-corrected chi connectivity index (χ2v) is 3.94. The Kier molecular flexibility index (Phi) is 5.98. The standard InChI is InChI=1S/C11H19NO2/c1-5-6-8-12-9-7-10(13)14-11(2,3)4/h12H,7-9H2,1-4H3. The Morgan fingerprint density at radius 2 is 2.07 bits per heavy atom. The third-order valence-corrected chi connectivity index (χ3v) is 1.32. The highest BCUT2D eigenvalue weighted by atomic mass is 16.6. The average Bonchev–Trinajstić information content (AvgIpc) is 2.00. The minimum Gasteiger partial charge on any atom is -0.460 e. The quantitative estimate of drug-likeness (QED) is 0.420. The SMILES string of the molecule is CC#CCNCCC(=O)OC(C)(C)C. The minimum atomic E-state index is -0.389. The van der Waals surface area contributed by atoms with Crippen LogP contribution in [0.5, 0.6) is 0 Å². The van der Waals surface area contributed by atoms with Crippen molar-refractivity contribution in [3.63, 3.8) is 0 Å². The number of hydrogen-bond donors (Lipinski definition) is 1.